The molecule has 2 bridgehead atoms. The van der Waals surface area contributed by atoms with Crippen LogP contribution in [-0.2, 0) is 14.3 Å². The van der Waals surface area contributed by atoms with Crippen molar-refractivity contribution in [3.63, 3.8) is 0 Å². The smallest absolute Gasteiger partial charge is 0.249 e. The van der Waals surface area contributed by atoms with Gasteiger partial charge in [-0.2, -0.15) is 5.01 Å². The summed E-state index contributed by atoms with van der Waals surface area (Å²) in [7, 11) is 3.86. The van der Waals surface area contributed by atoms with Gasteiger partial charge in [0, 0.05) is 69.0 Å². The number of morpholine rings is 1. The van der Waals surface area contributed by atoms with Crippen molar-refractivity contribution in [3.05, 3.63) is 30.5 Å². The van der Waals surface area contributed by atoms with E-state index in [4.69, 9.17) is 9.47 Å². The lowest BCUT2D eigenvalue weighted by Gasteiger charge is -2.50. The molecular formula is C29H43N9O4. The molecule has 42 heavy (non-hydrogen) atoms. The molecule has 6 aliphatic heterocycles. The number of nitrogens with zero attached hydrogens (tertiary/aromatic N) is 5. The molecule has 6 heterocycles. The number of carbonyl (C=O) groups is 2. The fraction of sp³-hybridized carbons (Fsp3) is 0.655. The summed E-state index contributed by atoms with van der Waals surface area (Å²) in [6, 6.07) is 6.27. The van der Waals surface area contributed by atoms with Crippen LogP contribution in [0.2, 0.25) is 0 Å². The Balaban J connectivity index is 1.12. The van der Waals surface area contributed by atoms with Crippen molar-refractivity contribution < 1.29 is 19.1 Å². The summed E-state index contributed by atoms with van der Waals surface area (Å²) < 4.78 is 11.6. The molecule has 6 atom stereocenters. The summed E-state index contributed by atoms with van der Waals surface area (Å²) >= 11 is 0. The van der Waals surface area contributed by atoms with Crippen LogP contribution >= 0.6 is 0 Å². The molecule has 0 aliphatic carbocycles. The van der Waals surface area contributed by atoms with E-state index in [9.17, 15) is 9.59 Å². The van der Waals surface area contributed by atoms with Crippen LogP contribution in [0.5, 0.6) is 5.75 Å². The predicted octanol–water partition coefficient (Wildman–Crippen LogP) is -0.0927. The van der Waals surface area contributed by atoms with Gasteiger partial charge in [-0.25, -0.2) is 5.01 Å². The summed E-state index contributed by atoms with van der Waals surface area (Å²) in [5.74, 6) is 0.654. The van der Waals surface area contributed by atoms with E-state index < -0.39 is 0 Å². The lowest BCUT2D eigenvalue weighted by Crippen LogP contribution is -2.71. The maximum absolute atomic E-state index is 13.7. The van der Waals surface area contributed by atoms with Crippen molar-refractivity contribution in [2.45, 2.75) is 56.6 Å². The Labute approximate surface area is 247 Å². The number of piperidine rings is 1. The number of benzene rings is 1. The van der Waals surface area contributed by atoms with Gasteiger partial charge in [-0.15, -0.1) is 0 Å². The van der Waals surface area contributed by atoms with Gasteiger partial charge >= 0.3 is 0 Å². The summed E-state index contributed by atoms with van der Waals surface area (Å²) in [6.45, 7) is 5.35. The molecule has 5 saturated heterocycles. The molecule has 13 heteroatoms. The van der Waals surface area contributed by atoms with Crippen molar-refractivity contribution in [3.8, 4) is 5.75 Å². The second-order valence-corrected chi connectivity index (χ2v) is 12.1. The number of amides is 2. The molecule has 5 fully saturated rings. The number of hydrogen-bond donors (Lipinski definition) is 4. The summed E-state index contributed by atoms with van der Waals surface area (Å²) in [6.07, 6.45) is 6.39. The van der Waals surface area contributed by atoms with E-state index in [2.05, 4.69) is 61.3 Å². The maximum Gasteiger partial charge on any atom is 0.249 e. The van der Waals surface area contributed by atoms with Gasteiger partial charge in [-0.05, 0) is 38.8 Å². The number of hydrazine groups is 1. The Morgan fingerprint density at radius 3 is 2.71 bits per heavy atom. The van der Waals surface area contributed by atoms with Crippen molar-refractivity contribution in [2.24, 2.45) is 5.92 Å². The summed E-state index contributed by atoms with van der Waals surface area (Å²) in [4.78, 5) is 33.2. The van der Waals surface area contributed by atoms with Gasteiger partial charge in [0.05, 0.1) is 31.5 Å². The third-order valence-electron chi connectivity index (χ3n) is 9.50. The van der Waals surface area contributed by atoms with E-state index in [1.54, 1.807) is 12.1 Å². The Hall–Kier alpha value is -2.94. The van der Waals surface area contributed by atoms with Crippen LogP contribution in [0.1, 0.15) is 25.7 Å². The summed E-state index contributed by atoms with van der Waals surface area (Å²) in [5.41, 5.74) is 2.07. The predicted molar refractivity (Wildman–Crippen MR) is 157 cm³/mol. The monoisotopic (exact) mass is 581 g/mol. The van der Waals surface area contributed by atoms with Crippen LogP contribution in [-0.4, -0.2) is 123 Å². The Morgan fingerprint density at radius 1 is 1.02 bits per heavy atom. The van der Waals surface area contributed by atoms with E-state index in [-0.39, 0.29) is 55.2 Å². The normalized spacial score (nSPS) is 34.1. The van der Waals surface area contributed by atoms with Crippen LogP contribution in [0.4, 0.5) is 11.4 Å². The first-order valence-electron chi connectivity index (χ1n) is 15.3. The second-order valence-electron chi connectivity index (χ2n) is 12.1. The van der Waals surface area contributed by atoms with Gasteiger partial charge in [-0.1, -0.05) is 6.08 Å². The minimum absolute atomic E-state index is 0.0262. The zero-order valence-corrected chi connectivity index (χ0v) is 24.5. The number of likely N-dealkylation sites (N-methyl/N-ethyl adjacent to an activating group) is 1. The van der Waals surface area contributed by atoms with E-state index in [0.717, 1.165) is 69.0 Å². The number of methoxy groups -OCH3 is 1. The standard InChI is InChI=1S/C29H43N9O4/c1-34-10-12-35(13-11-34)20-14-19(15-21(16-20)41-2)31-29-30-17-22-26(33-29)38-24-7-6-23-27(32-24)36(25(39)18-42-23)8-4-3-5-9-37(38)28(22)40/h5,9,14-16,22-24,26-27,29-33H,3-4,6-8,10-13,17-18H2,1-2H3. The Morgan fingerprint density at radius 2 is 1.88 bits per heavy atom. The number of nitrogens with one attached hydrogen (secondary N) is 4. The first-order valence-corrected chi connectivity index (χ1v) is 15.3. The molecule has 7 rings (SSSR count). The molecular weight excluding hydrogens is 538 g/mol. The highest BCUT2D eigenvalue weighted by Gasteiger charge is 2.53. The molecule has 4 N–H and O–H groups in total. The molecule has 2 amide bonds. The minimum atomic E-state index is -0.263. The average molecular weight is 582 g/mol. The van der Waals surface area contributed by atoms with Crippen molar-refractivity contribution in [1.82, 2.24) is 35.8 Å². The summed E-state index contributed by atoms with van der Waals surface area (Å²) in [5, 5.41) is 18.5. The molecule has 0 radical (unpaired) electrons. The first-order chi connectivity index (χ1) is 20.5. The Bertz CT molecular complexity index is 1210. The van der Waals surface area contributed by atoms with Gasteiger partial charge in [0.1, 0.15) is 24.8 Å². The van der Waals surface area contributed by atoms with Crippen molar-refractivity contribution >= 4 is 23.2 Å². The number of ether oxygens (including phenoxy) is 2. The van der Waals surface area contributed by atoms with Crippen LogP contribution in [0.25, 0.3) is 0 Å². The van der Waals surface area contributed by atoms with Crippen LogP contribution in [0.15, 0.2) is 30.5 Å². The molecule has 0 aromatic heterocycles. The van der Waals surface area contributed by atoms with Crippen molar-refractivity contribution in [2.75, 3.05) is 70.2 Å². The Kier molecular flexibility index (Phi) is 7.71. The largest absolute Gasteiger partial charge is 0.497 e. The highest BCUT2D eigenvalue weighted by Crippen LogP contribution is 2.34. The number of allylic oxidation sites excluding steroid dienone is 1. The molecule has 1 aromatic rings. The fourth-order valence-electron chi connectivity index (χ4n) is 7.16. The number of carbonyl (C=O) groups excluding carboxylic acids is 2. The van der Waals surface area contributed by atoms with Gasteiger partial charge in [0.25, 0.3) is 0 Å². The zero-order chi connectivity index (χ0) is 28.8. The van der Waals surface area contributed by atoms with Gasteiger partial charge < -0.3 is 29.5 Å². The van der Waals surface area contributed by atoms with E-state index in [1.807, 2.05) is 17.2 Å². The topological polar surface area (TPSA) is 117 Å². The second kappa shape index (κ2) is 11.6. The van der Waals surface area contributed by atoms with E-state index in [1.165, 1.54) is 0 Å². The molecule has 0 spiro atoms. The molecule has 6 unspecified atom stereocenters. The molecule has 6 aliphatic rings. The lowest BCUT2D eigenvalue weighted by molar-refractivity contribution is -0.173. The highest BCUT2D eigenvalue weighted by molar-refractivity contribution is 5.82. The zero-order valence-electron chi connectivity index (χ0n) is 24.5. The maximum atomic E-state index is 13.7. The fourth-order valence-corrected chi connectivity index (χ4v) is 7.16. The third-order valence-corrected chi connectivity index (χ3v) is 9.50. The average Bonchev–Trinajstić information content (AvgIpc) is 3.26. The highest BCUT2D eigenvalue weighted by atomic mass is 16.5. The van der Waals surface area contributed by atoms with Crippen LogP contribution < -0.4 is 30.9 Å². The van der Waals surface area contributed by atoms with E-state index in [0.29, 0.717) is 13.1 Å². The SMILES string of the molecule is COc1cc(NC2NCC3C(=O)N4C=CCCCN5C(=O)COC6CCC(NC65)N4C3N2)cc(N2CCN(C)CC2)c1. The minimum Gasteiger partial charge on any atom is -0.497 e. The number of hydrogen-bond acceptors (Lipinski definition) is 11. The number of fused-ring (bicyclic) bond motifs is 5. The number of anilines is 2. The number of rotatable bonds is 4. The quantitative estimate of drug-likeness (QED) is 0.382. The van der Waals surface area contributed by atoms with Gasteiger partial charge in [0.2, 0.25) is 11.8 Å². The molecule has 228 valence electrons. The molecule has 13 nitrogen and oxygen atoms in total. The third kappa shape index (κ3) is 5.22. The van der Waals surface area contributed by atoms with Crippen LogP contribution in [0.3, 0.4) is 0 Å². The lowest BCUT2D eigenvalue weighted by atomic mass is 9.99. The first kappa shape index (κ1) is 27.9. The number of piperazine rings is 1. The van der Waals surface area contributed by atoms with Gasteiger partial charge in [0.15, 0.2) is 0 Å². The van der Waals surface area contributed by atoms with Crippen molar-refractivity contribution in [1.29, 1.82) is 0 Å². The molecule has 1 aromatic carbocycles. The van der Waals surface area contributed by atoms with Gasteiger partial charge in [-0.3, -0.25) is 25.5 Å². The molecule has 0 saturated carbocycles. The van der Waals surface area contributed by atoms with Crippen LogP contribution in [0, 0.1) is 5.92 Å². The van der Waals surface area contributed by atoms with E-state index >= 15 is 0 Å².